The molecule has 148 valence electrons. The van der Waals surface area contributed by atoms with E-state index in [0.717, 1.165) is 34.1 Å². The van der Waals surface area contributed by atoms with Gasteiger partial charge >= 0.3 is 0 Å². The van der Waals surface area contributed by atoms with Gasteiger partial charge in [-0.1, -0.05) is 72.8 Å². The second kappa shape index (κ2) is 8.51. The molecule has 2 heterocycles. The molecule has 1 unspecified atom stereocenters. The molecule has 30 heavy (non-hydrogen) atoms. The number of ether oxygens (including phenoxy) is 1. The minimum absolute atomic E-state index is 0.196. The molecular weight excluding hydrogens is 390 g/mol. The normalized spacial score (nSPS) is 15.5. The van der Waals surface area contributed by atoms with Gasteiger partial charge in [-0.3, -0.25) is 0 Å². The Bertz CT molecular complexity index is 1140. The van der Waals surface area contributed by atoms with Gasteiger partial charge < -0.3 is 10.2 Å². The van der Waals surface area contributed by atoms with E-state index in [1.54, 1.807) is 11.3 Å². The summed E-state index contributed by atoms with van der Waals surface area (Å²) >= 11 is 1.64. The van der Waals surface area contributed by atoms with Crippen LogP contribution in [-0.4, -0.2) is 10.7 Å². The largest absolute Gasteiger partial charge is 0.487 e. The van der Waals surface area contributed by atoms with E-state index in [9.17, 15) is 0 Å². The maximum Gasteiger partial charge on any atom is 0.131 e. The predicted octanol–water partition coefficient (Wildman–Crippen LogP) is 5.83. The molecule has 0 saturated heterocycles. The highest BCUT2D eigenvalue weighted by Gasteiger charge is 2.21. The lowest BCUT2D eigenvalue weighted by Crippen LogP contribution is -2.09. The van der Waals surface area contributed by atoms with Crippen LogP contribution < -0.4 is 10.2 Å². The first-order chi connectivity index (χ1) is 14.8. The van der Waals surface area contributed by atoms with E-state index in [4.69, 9.17) is 4.74 Å². The zero-order chi connectivity index (χ0) is 20.2. The van der Waals surface area contributed by atoms with Crippen LogP contribution in [0.2, 0.25) is 0 Å². The number of aromatic nitrogens is 1. The van der Waals surface area contributed by atoms with Crippen LogP contribution in [0.3, 0.4) is 0 Å². The average Bonchev–Trinajstić information content (AvgIpc) is 3.50. The fraction of sp³-hybridized carbons (Fsp3) is 0.120. The van der Waals surface area contributed by atoms with Crippen LogP contribution >= 0.6 is 11.3 Å². The molecule has 5 heteroatoms. The van der Waals surface area contributed by atoms with Crippen molar-refractivity contribution in [2.75, 3.05) is 0 Å². The summed E-state index contributed by atoms with van der Waals surface area (Å²) in [5, 5.41) is 7.59. The van der Waals surface area contributed by atoms with E-state index in [1.165, 1.54) is 11.1 Å². The summed E-state index contributed by atoms with van der Waals surface area (Å²) in [5.74, 6) is 0.843. The van der Waals surface area contributed by atoms with Gasteiger partial charge in [0.2, 0.25) is 0 Å². The van der Waals surface area contributed by atoms with Gasteiger partial charge in [0, 0.05) is 17.4 Å². The predicted molar refractivity (Wildman–Crippen MR) is 122 cm³/mol. The number of hydrogen-bond donors (Lipinski definition) is 1. The van der Waals surface area contributed by atoms with Gasteiger partial charge in [-0.05, 0) is 23.3 Å². The quantitative estimate of drug-likeness (QED) is 0.434. The second-order valence-electron chi connectivity index (χ2n) is 7.18. The van der Waals surface area contributed by atoms with Crippen LogP contribution in [0.5, 0.6) is 5.75 Å². The van der Waals surface area contributed by atoms with Crippen LogP contribution in [0.15, 0.2) is 95.4 Å². The monoisotopic (exact) mass is 411 g/mol. The third-order valence-electron chi connectivity index (χ3n) is 5.10. The van der Waals surface area contributed by atoms with Gasteiger partial charge in [0.25, 0.3) is 0 Å². The van der Waals surface area contributed by atoms with E-state index in [2.05, 4.69) is 57.3 Å². The Hall–Kier alpha value is -3.44. The molecule has 0 spiro atoms. The van der Waals surface area contributed by atoms with Gasteiger partial charge in [0.1, 0.15) is 17.4 Å². The third-order valence-corrected chi connectivity index (χ3v) is 6.04. The first-order valence-electron chi connectivity index (χ1n) is 9.95. The number of rotatable bonds is 6. The van der Waals surface area contributed by atoms with Crippen LogP contribution in [-0.2, 0) is 6.61 Å². The van der Waals surface area contributed by atoms with E-state index < -0.39 is 0 Å². The molecule has 0 amide bonds. The van der Waals surface area contributed by atoms with Gasteiger partial charge in [-0.15, -0.1) is 11.3 Å². The maximum atomic E-state index is 5.94. The summed E-state index contributed by atoms with van der Waals surface area (Å²) in [4.78, 5) is 4.68. The lowest BCUT2D eigenvalue weighted by atomic mass is 9.99. The molecule has 1 atom stereocenters. The SMILES string of the molecule is c1ccc(C2=NNC(c3ccc(OCc4csc(-c5ccccc5)n4)cc3)C2)cc1. The summed E-state index contributed by atoms with van der Waals surface area (Å²) in [5.41, 5.74) is 8.81. The lowest BCUT2D eigenvalue weighted by Gasteiger charge is -2.11. The van der Waals surface area contributed by atoms with Crippen LogP contribution in [0, 0.1) is 0 Å². The maximum absolute atomic E-state index is 5.94. The minimum Gasteiger partial charge on any atom is -0.487 e. The smallest absolute Gasteiger partial charge is 0.131 e. The third kappa shape index (κ3) is 4.11. The number of hydrazone groups is 1. The van der Waals surface area contributed by atoms with Crippen molar-refractivity contribution in [1.29, 1.82) is 0 Å². The molecular formula is C25H21N3OS. The molecule has 1 aromatic heterocycles. The fourth-order valence-electron chi connectivity index (χ4n) is 3.49. The Morgan fingerprint density at radius 2 is 1.57 bits per heavy atom. The van der Waals surface area contributed by atoms with Crippen molar-refractivity contribution in [2.24, 2.45) is 5.10 Å². The second-order valence-corrected chi connectivity index (χ2v) is 8.04. The minimum atomic E-state index is 0.196. The number of thiazole rings is 1. The Balaban J connectivity index is 1.18. The Kier molecular flexibility index (Phi) is 5.27. The van der Waals surface area contributed by atoms with Crippen molar-refractivity contribution in [2.45, 2.75) is 19.1 Å². The fourth-order valence-corrected chi connectivity index (χ4v) is 4.30. The van der Waals surface area contributed by atoms with Gasteiger partial charge in [0.15, 0.2) is 0 Å². The number of nitrogens with zero attached hydrogens (tertiary/aromatic N) is 2. The molecule has 3 aromatic carbocycles. The topological polar surface area (TPSA) is 46.5 Å². The van der Waals surface area contributed by atoms with Gasteiger partial charge in [-0.25, -0.2) is 4.98 Å². The zero-order valence-corrected chi connectivity index (χ0v) is 17.2. The van der Waals surface area contributed by atoms with Crippen LogP contribution in [0.1, 0.15) is 29.3 Å². The highest BCUT2D eigenvalue weighted by atomic mass is 32.1. The van der Waals surface area contributed by atoms with Crippen LogP contribution in [0.25, 0.3) is 10.6 Å². The Morgan fingerprint density at radius 3 is 2.30 bits per heavy atom. The molecule has 5 rings (SSSR count). The van der Waals surface area contributed by atoms with Crippen molar-refractivity contribution in [1.82, 2.24) is 10.4 Å². The van der Waals surface area contributed by atoms with E-state index in [1.807, 2.05) is 48.5 Å². The highest BCUT2D eigenvalue weighted by Crippen LogP contribution is 2.27. The molecule has 4 aromatic rings. The molecule has 0 saturated carbocycles. The standard InChI is InChI=1S/C25H21N3OS/c1-3-7-18(8-4-1)23-15-24(28-27-23)19-11-13-22(14-12-19)29-16-21-17-30-25(26-21)20-9-5-2-6-10-20/h1-14,17,24,28H,15-16H2. The summed E-state index contributed by atoms with van der Waals surface area (Å²) in [6, 6.07) is 29.0. The van der Waals surface area contributed by atoms with E-state index in [-0.39, 0.29) is 6.04 Å². The number of nitrogens with one attached hydrogen (secondary N) is 1. The highest BCUT2D eigenvalue weighted by molar-refractivity contribution is 7.13. The summed E-state index contributed by atoms with van der Waals surface area (Å²) in [7, 11) is 0. The molecule has 0 bridgehead atoms. The zero-order valence-electron chi connectivity index (χ0n) is 16.4. The molecule has 0 aliphatic carbocycles. The molecule has 1 aliphatic heterocycles. The van der Waals surface area contributed by atoms with E-state index >= 15 is 0 Å². The van der Waals surface area contributed by atoms with Crippen molar-refractivity contribution < 1.29 is 4.74 Å². The van der Waals surface area contributed by atoms with Crippen molar-refractivity contribution in [3.8, 4) is 16.3 Å². The molecule has 0 radical (unpaired) electrons. The Labute approximate surface area is 179 Å². The van der Waals surface area contributed by atoms with Crippen molar-refractivity contribution in [3.05, 3.63) is 107 Å². The van der Waals surface area contributed by atoms with Crippen LogP contribution in [0.4, 0.5) is 0 Å². The summed E-state index contributed by atoms with van der Waals surface area (Å²) in [6.07, 6.45) is 0.880. The van der Waals surface area contributed by atoms with Gasteiger partial charge in [0.05, 0.1) is 17.4 Å². The van der Waals surface area contributed by atoms with Gasteiger partial charge in [-0.2, -0.15) is 5.10 Å². The Morgan fingerprint density at radius 1 is 0.867 bits per heavy atom. The van der Waals surface area contributed by atoms with E-state index in [0.29, 0.717) is 6.61 Å². The molecule has 1 aliphatic rings. The first-order valence-corrected chi connectivity index (χ1v) is 10.8. The van der Waals surface area contributed by atoms with Crippen molar-refractivity contribution in [3.63, 3.8) is 0 Å². The molecule has 0 fully saturated rings. The average molecular weight is 412 g/mol. The molecule has 1 N–H and O–H groups in total. The number of hydrogen-bond acceptors (Lipinski definition) is 5. The molecule has 4 nitrogen and oxygen atoms in total. The van der Waals surface area contributed by atoms with Crippen molar-refractivity contribution >= 4 is 17.0 Å². The summed E-state index contributed by atoms with van der Waals surface area (Å²) in [6.45, 7) is 0.464. The summed E-state index contributed by atoms with van der Waals surface area (Å²) < 4.78 is 5.94. The lowest BCUT2D eigenvalue weighted by molar-refractivity contribution is 0.302. The first kappa shape index (κ1) is 18.6. The number of benzene rings is 3.